The average Bonchev–Trinajstić information content (AvgIpc) is 2.72. The van der Waals surface area contributed by atoms with Gasteiger partial charge in [-0.25, -0.2) is 5.43 Å². The minimum Gasteiger partial charge on any atom is -0.493 e. The lowest BCUT2D eigenvalue weighted by Gasteiger charge is -2.15. The first kappa shape index (κ1) is 20.3. The van der Waals surface area contributed by atoms with Crippen molar-refractivity contribution in [2.45, 2.75) is 13.0 Å². The summed E-state index contributed by atoms with van der Waals surface area (Å²) in [5.74, 6) is 1.14. The second kappa shape index (κ2) is 9.59. The lowest BCUT2D eigenvalue weighted by molar-refractivity contribution is -0.131. The number of hydrogen-bond donors (Lipinski definition) is 1. The third-order valence-corrected chi connectivity index (χ3v) is 3.99. The molecule has 0 spiro atoms. The SMILES string of the molecule is COc1cc(C(C)=NNC(=O)C(OC)c2ccccc2)cc(OC)c1OC. The van der Waals surface area contributed by atoms with Crippen LogP contribution >= 0.6 is 0 Å². The Balaban J connectivity index is 2.23. The summed E-state index contributed by atoms with van der Waals surface area (Å²) < 4.78 is 21.3. The first-order valence-corrected chi connectivity index (χ1v) is 8.28. The Morgan fingerprint density at radius 3 is 2.04 bits per heavy atom. The summed E-state index contributed by atoms with van der Waals surface area (Å²) in [6.07, 6.45) is -0.748. The van der Waals surface area contributed by atoms with E-state index in [0.717, 1.165) is 11.1 Å². The van der Waals surface area contributed by atoms with Gasteiger partial charge in [0, 0.05) is 12.7 Å². The van der Waals surface area contributed by atoms with Gasteiger partial charge in [0.2, 0.25) is 5.75 Å². The van der Waals surface area contributed by atoms with Gasteiger partial charge >= 0.3 is 0 Å². The molecule has 0 bridgehead atoms. The Hall–Kier alpha value is -3.06. The molecule has 0 heterocycles. The molecule has 0 fully saturated rings. The van der Waals surface area contributed by atoms with E-state index in [1.54, 1.807) is 33.3 Å². The van der Waals surface area contributed by atoms with Gasteiger partial charge in [-0.15, -0.1) is 0 Å². The normalized spacial score (nSPS) is 12.3. The standard InChI is InChI=1S/C20H24N2O5/c1-13(15-11-16(24-2)19(27-5)17(12-15)25-3)21-22-20(23)18(26-4)14-9-7-6-8-10-14/h6-12,18H,1-5H3,(H,22,23). The molecule has 27 heavy (non-hydrogen) atoms. The van der Waals surface area contributed by atoms with Crippen molar-refractivity contribution >= 4 is 11.6 Å². The molecule has 0 aliphatic rings. The molecular formula is C20H24N2O5. The molecule has 7 nitrogen and oxygen atoms in total. The van der Waals surface area contributed by atoms with E-state index in [1.807, 2.05) is 30.3 Å². The number of carbonyl (C=O) groups excluding carboxylic acids is 1. The molecule has 2 aromatic rings. The van der Waals surface area contributed by atoms with Crippen molar-refractivity contribution in [2.24, 2.45) is 5.10 Å². The van der Waals surface area contributed by atoms with Crippen molar-refractivity contribution in [1.29, 1.82) is 0 Å². The number of ether oxygens (including phenoxy) is 4. The van der Waals surface area contributed by atoms with Gasteiger partial charge in [-0.05, 0) is 24.6 Å². The third-order valence-electron chi connectivity index (χ3n) is 3.99. The molecule has 0 saturated carbocycles. The highest BCUT2D eigenvalue weighted by molar-refractivity contribution is 6.00. The Morgan fingerprint density at radius 2 is 1.56 bits per heavy atom. The minimum atomic E-state index is -0.748. The third kappa shape index (κ3) is 4.77. The highest BCUT2D eigenvalue weighted by Gasteiger charge is 2.20. The number of hydrogen-bond acceptors (Lipinski definition) is 6. The second-order valence-electron chi connectivity index (χ2n) is 5.61. The van der Waals surface area contributed by atoms with E-state index in [0.29, 0.717) is 23.0 Å². The van der Waals surface area contributed by atoms with Gasteiger partial charge in [0.1, 0.15) is 0 Å². The van der Waals surface area contributed by atoms with Crippen molar-refractivity contribution in [3.63, 3.8) is 0 Å². The monoisotopic (exact) mass is 372 g/mol. The van der Waals surface area contributed by atoms with Crippen molar-refractivity contribution < 1.29 is 23.7 Å². The van der Waals surface area contributed by atoms with Gasteiger partial charge in [-0.2, -0.15) is 5.10 Å². The second-order valence-corrected chi connectivity index (χ2v) is 5.61. The Bertz CT molecular complexity index is 780. The van der Waals surface area contributed by atoms with Gasteiger partial charge in [0.15, 0.2) is 17.6 Å². The lowest BCUT2D eigenvalue weighted by Crippen LogP contribution is -2.27. The molecule has 7 heteroatoms. The fourth-order valence-electron chi connectivity index (χ4n) is 2.57. The largest absolute Gasteiger partial charge is 0.493 e. The number of carbonyl (C=O) groups is 1. The van der Waals surface area contributed by atoms with Gasteiger partial charge in [0.05, 0.1) is 27.0 Å². The number of nitrogens with one attached hydrogen (secondary N) is 1. The van der Waals surface area contributed by atoms with Crippen molar-refractivity contribution in [3.8, 4) is 17.2 Å². The van der Waals surface area contributed by atoms with Crippen LogP contribution in [0.15, 0.2) is 47.6 Å². The van der Waals surface area contributed by atoms with Gasteiger partial charge < -0.3 is 18.9 Å². The van der Waals surface area contributed by atoms with Crippen LogP contribution in [0.1, 0.15) is 24.2 Å². The summed E-state index contributed by atoms with van der Waals surface area (Å²) in [4.78, 5) is 12.4. The predicted octanol–water partition coefficient (Wildman–Crippen LogP) is 2.94. The first-order valence-electron chi connectivity index (χ1n) is 8.28. The van der Waals surface area contributed by atoms with E-state index in [2.05, 4.69) is 10.5 Å². The zero-order chi connectivity index (χ0) is 19.8. The highest BCUT2D eigenvalue weighted by Crippen LogP contribution is 2.38. The maximum atomic E-state index is 12.4. The van der Waals surface area contributed by atoms with Crippen molar-refractivity contribution in [1.82, 2.24) is 5.43 Å². The Kier molecular flexibility index (Phi) is 7.19. The summed E-state index contributed by atoms with van der Waals surface area (Å²) >= 11 is 0. The number of nitrogens with zero attached hydrogens (tertiary/aromatic N) is 1. The van der Waals surface area contributed by atoms with Crippen LogP contribution in [0.25, 0.3) is 0 Å². The molecule has 2 rings (SSSR count). The number of rotatable bonds is 8. The summed E-state index contributed by atoms with van der Waals surface area (Å²) in [7, 11) is 6.10. The number of methoxy groups -OCH3 is 4. The van der Waals surface area contributed by atoms with Crippen LogP contribution in [0, 0.1) is 0 Å². The van der Waals surface area contributed by atoms with Crippen LogP contribution in [0.5, 0.6) is 17.2 Å². The van der Waals surface area contributed by atoms with Crippen LogP contribution in [0.3, 0.4) is 0 Å². The van der Waals surface area contributed by atoms with Crippen molar-refractivity contribution in [3.05, 3.63) is 53.6 Å². The van der Waals surface area contributed by atoms with E-state index in [4.69, 9.17) is 18.9 Å². The summed E-state index contributed by atoms with van der Waals surface area (Å²) in [5, 5.41) is 4.18. The summed E-state index contributed by atoms with van der Waals surface area (Å²) in [6.45, 7) is 1.77. The fraction of sp³-hybridized carbons (Fsp3) is 0.300. The smallest absolute Gasteiger partial charge is 0.273 e. The number of benzene rings is 2. The van der Waals surface area contributed by atoms with Crippen LogP contribution in [0.2, 0.25) is 0 Å². The molecule has 0 aromatic heterocycles. The zero-order valence-electron chi connectivity index (χ0n) is 16.1. The predicted molar refractivity (Wildman–Crippen MR) is 103 cm³/mol. The molecular weight excluding hydrogens is 348 g/mol. The van der Waals surface area contributed by atoms with E-state index >= 15 is 0 Å². The Morgan fingerprint density at radius 1 is 0.963 bits per heavy atom. The molecule has 2 aromatic carbocycles. The maximum absolute atomic E-state index is 12.4. The molecule has 0 aliphatic heterocycles. The molecule has 1 N–H and O–H groups in total. The fourth-order valence-corrected chi connectivity index (χ4v) is 2.57. The van der Waals surface area contributed by atoms with Gasteiger partial charge in [0.25, 0.3) is 5.91 Å². The van der Waals surface area contributed by atoms with Crippen LogP contribution in [-0.4, -0.2) is 40.1 Å². The maximum Gasteiger partial charge on any atom is 0.273 e. The average molecular weight is 372 g/mol. The quantitative estimate of drug-likeness (QED) is 0.569. The van der Waals surface area contributed by atoms with Gasteiger partial charge in [-0.3, -0.25) is 4.79 Å². The van der Waals surface area contributed by atoms with E-state index in [1.165, 1.54) is 14.2 Å². The molecule has 1 unspecified atom stereocenters. The number of hydrazone groups is 1. The molecule has 0 saturated heterocycles. The van der Waals surface area contributed by atoms with Crippen LogP contribution < -0.4 is 19.6 Å². The van der Waals surface area contributed by atoms with Crippen LogP contribution in [0.4, 0.5) is 0 Å². The van der Waals surface area contributed by atoms with E-state index in [-0.39, 0.29) is 5.91 Å². The van der Waals surface area contributed by atoms with Crippen molar-refractivity contribution in [2.75, 3.05) is 28.4 Å². The van der Waals surface area contributed by atoms with Crippen LogP contribution in [-0.2, 0) is 9.53 Å². The zero-order valence-corrected chi connectivity index (χ0v) is 16.1. The topological polar surface area (TPSA) is 78.4 Å². The van der Waals surface area contributed by atoms with E-state index in [9.17, 15) is 4.79 Å². The molecule has 0 radical (unpaired) electrons. The van der Waals surface area contributed by atoms with Gasteiger partial charge in [-0.1, -0.05) is 30.3 Å². The Labute approximate surface area is 158 Å². The first-order chi connectivity index (χ1) is 13.0. The molecule has 1 amide bonds. The minimum absolute atomic E-state index is 0.365. The summed E-state index contributed by atoms with van der Waals surface area (Å²) in [6, 6.07) is 12.7. The number of amides is 1. The highest BCUT2D eigenvalue weighted by atomic mass is 16.5. The molecule has 144 valence electrons. The summed E-state index contributed by atoms with van der Waals surface area (Å²) in [5.41, 5.74) is 4.59. The lowest BCUT2D eigenvalue weighted by atomic mass is 10.1. The molecule has 1 atom stereocenters. The molecule has 0 aliphatic carbocycles. The van der Waals surface area contributed by atoms with E-state index < -0.39 is 6.10 Å².